The molecule has 120 valence electrons. The minimum absolute atomic E-state index is 0.0468. The van der Waals surface area contributed by atoms with Crippen LogP contribution in [0.15, 0.2) is 23.1 Å². The van der Waals surface area contributed by atoms with E-state index < -0.39 is 10.0 Å². The molecule has 4 nitrogen and oxygen atoms in total. The summed E-state index contributed by atoms with van der Waals surface area (Å²) in [7, 11) is -3.46. The second-order valence-electron chi connectivity index (χ2n) is 5.66. The van der Waals surface area contributed by atoms with Crippen molar-refractivity contribution < 1.29 is 8.42 Å². The van der Waals surface area contributed by atoms with Crippen LogP contribution in [0.2, 0.25) is 0 Å². The number of sulfonamides is 1. The average molecular weight is 312 g/mol. The number of rotatable bonds is 9. The van der Waals surface area contributed by atoms with Gasteiger partial charge in [0.25, 0.3) is 0 Å². The Balaban J connectivity index is 2.68. The molecule has 0 aromatic heterocycles. The standard InChI is InChI=1S/C16H28N2O2S/c1-4-5-6-7-8-14(3)18-21(19,20)16-10-9-13(2)15(11-16)12-17/h9-11,14,18H,4-8,12,17H2,1-3H3. The van der Waals surface area contributed by atoms with E-state index in [0.717, 1.165) is 30.4 Å². The van der Waals surface area contributed by atoms with E-state index in [2.05, 4.69) is 11.6 Å². The van der Waals surface area contributed by atoms with E-state index >= 15 is 0 Å². The molecule has 0 bridgehead atoms. The topological polar surface area (TPSA) is 72.2 Å². The molecule has 0 aliphatic heterocycles. The van der Waals surface area contributed by atoms with Crippen molar-refractivity contribution in [2.24, 2.45) is 5.73 Å². The molecule has 0 fully saturated rings. The quantitative estimate of drug-likeness (QED) is 0.688. The molecular weight excluding hydrogens is 284 g/mol. The third kappa shape index (κ3) is 5.77. The molecule has 0 heterocycles. The van der Waals surface area contributed by atoms with Crippen LogP contribution in [0.5, 0.6) is 0 Å². The van der Waals surface area contributed by atoms with Gasteiger partial charge in [0, 0.05) is 12.6 Å². The van der Waals surface area contributed by atoms with E-state index in [1.807, 2.05) is 19.9 Å². The van der Waals surface area contributed by atoms with Gasteiger partial charge in [-0.1, -0.05) is 38.7 Å². The summed E-state index contributed by atoms with van der Waals surface area (Å²) in [4.78, 5) is 0.300. The maximum atomic E-state index is 12.4. The maximum absolute atomic E-state index is 12.4. The van der Waals surface area contributed by atoms with Crippen LogP contribution in [0.1, 0.15) is 57.1 Å². The highest BCUT2D eigenvalue weighted by Crippen LogP contribution is 2.16. The largest absolute Gasteiger partial charge is 0.326 e. The van der Waals surface area contributed by atoms with E-state index in [1.54, 1.807) is 12.1 Å². The van der Waals surface area contributed by atoms with Gasteiger partial charge in [0.05, 0.1) is 4.90 Å². The highest BCUT2D eigenvalue weighted by atomic mass is 32.2. The Morgan fingerprint density at radius 3 is 2.57 bits per heavy atom. The zero-order valence-corrected chi connectivity index (χ0v) is 14.2. The number of hydrogen-bond acceptors (Lipinski definition) is 3. The SMILES string of the molecule is CCCCCCC(C)NS(=O)(=O)c1ccc(C)c(CN)c1. The Morgan fingerprint density at radius 1 is 1.24 bits per heavy atom. The highest BCUT2D eigenvalue weighted by molar-refractivity contribution is 7.89. The van der Waals surface area contributed by atoms with Crippen molar-refractivity contribution in [1.82, 2.24) is 4.72 Å². The third-order valence-electron chi connectivity index (χ3n) is 3.70. The molecule has 21 heavy (non-hydrogen) atoms. The molecule has 1 aromatic rings. The Bertz CT molecular complexity index is 541. The molecule has 0 spiro atoms. The molecule has 1 rings (SSSR count). The van der Waals surface area contributed by atoms with Crippen molar-refractivity contribution in [2.75, 3.05) is 0 Å². The summed E-state index contributed by atoms with van der Waals surface area (Å²) in [6.45, 7) is 6.37. The molecule has 1 atom stereocenters. The van der Waals surface area contributed by atoms with Gasteiger partial charge in [-0.25, -0.2) is 13.1 Å². The Morgan fingerprint density at radius 2 is 1.95 bits per heavy atom. The lowest BCUT2D eigenvalue weighted by molar-refractivity contribution is 0.522. The lowest BCUT2D eigenvalue weighted by Gasteiger charge is -2.15. The van der Waals surface area contributed by atoms with E-state index in [-0.39, 0.29) is 6.04 Å². The fraction of sp³-hybridized carbons (Fsp3) is 0.625. The fourth-order valence-electron chi connectivity index (χ4n) is 2.30. The van der Waals surface area contributed by atoms with Crippen molar-refractivity contribution >= 4 is 10.0 Å². The van der Waals surface area contributed by atoms with Gasteiger partial charge in [-0.15, -0.1) is 0 Å². The average Bonchev–Trinajstić information content (AvgIpc) is 2.43. The minimum Gasteiger partial charge on any atom is -0.326 e. The van der Waals surface area contributed by atoms with E-state index in [9.17, 15) is 8.42 Å². The summed E-state index contributed by atoms with van der Waals surface area (Å²) in [6.07, 6.45) is 5.47. The highest BCUT2D eigenvalue weighted by Gasteiger charge is 2.17. The smallest absolute Gasteiger partial charge is 0.240 e. The number of aryl methyl sites for hydroxylation is 1. The number of benzene rings is 1. The van der Waals surface area contributed by atoms with Gasteiger partial charge in [0.1, 0.15) is 0 Å². The van der Waals surface area contributed by atoms with Crippen LogP contribution < -0.4 is 10.5 Å². The van der Waals surface area contributed by atoms with Crippen molar-refractivity contribution in [1.29, 1.82) is 0 Å². The van der Waals surface area contributed by atoms with E-state index in [0.29, 0.717) is 11.4 Å². The number of nitrogens with two attached hydrogens (primary N) is 1. The van der Waals surface area contributed by atoms with Gasteiger partial charge in [0.2, 0.25) is 10.0 Å². The van der Waals surface area contributed by atoms with Gasteiger partial charge >= 0.3 is 0 Å². The molecule has 0 radical (unpaired) electrons. The fourth-order valence-corrected chi connectivity index (χ4v) is 3.63. The molecule has 5 heteroatoms. The predicted molar refractivity (Wildman–Crippen MR) is 87.6 cm³/mol. The molecule has 0 aliphatic carbocycles. The summed E-state index contributed by atoms with van der Waals surface area (Å²) in [5.74, 6) is 0. The number of nitrogens with one attached hydrogen (secondary N) is 1. The van der Waals surface area contributed by atoms with Crippen LogP contribution in [-0.4, -0.2) is 14.5 Å². The lowest BCUT2D eigenvalue weighted by atomic mass is 10.1. The van der Waals surface area contributed by atoms with Crippen LogP contribution in [-0.2, 0) is 16.6 Å². The van der Waals surface area contributed by atoms with Crippen molar-refractivity contribution in [3.05, 3.63) is 29.3 Å². The van der Waals surface area contributed by atoms with Crippen LogP contribution >= 0.6 is 0 Å². The summed E-state index contributed by atoms with van der Waals surface area (Å²) >= 11 is 0. The molecule has 0 amide bonds. The normalized spacial score (nSPS) is 13.3. The van der Waals surface area contributed by atoms with E-state index in [4.69, 9.17) is 5.73 Å². The summed E-state index contributed by atoms with van der Waals surface area (Å²) in [5.41, 5.74) is 7.53. The summed E-state index contributed by atoms with van der Waals surface area (Å²) in [5, 5.41) is 0. The first kappa shape index (κ1) is 18.1. The lowest BCUT2D eigenvalue weighted by Crippen LogP contribution is -2.32. The molecular formula is C16H28N2O2S. The predicted octanol–water partition coefficient (Wildman–Crippen LogP) is 3.09. The Labute approximate surface area is 129 Å². The number of unbranched alkanes of at least 4 members (excludes halogenated alkanes) is 3. The van der Waals surface area contributed by atoms with Gasteiger partial charge in [-0.2, -0.15) is 0 Å². The molecule has 0 saturated carbocycles. The van der Waals surface area contributed by atoms with Crippen molar-refractivity contribution in [2.45, 2.75) is 70.4 Å². The molecule has 1 unspecified atom stereocenters. The maximum Gasteiger partial charge on any atom is 0.240 e. The van der Waals surface area contributed by atoms with Crippen LogP contribution in [0.3, 0.4) is 0 Å². The van der Waals surface area contributed by atoms with Crippen LogP contribution in [0, 0.1) is 6.92 Å². The van der Waals surface area contributed by atoms with Gasteiger partial charge in [-0.05, 0) is 43.5 Å². The van der Waals surface area contributed by atoms with Gasteiger partial charge in [0.15, 0.2) is 0 Å². The zero-order valence-electron chi connectivity index (χ0n) is 13.4. The Kier molecular flexibility index (Phi) is 7.35. The number of hydrogen-bond donors (Lipinski definition) is 2. The second kappa shape index (κ2) is 8.51. The second-order valence-corrected chi connectivity index (χ2v) is 7.38. The third-order valence-corrected chi connectivity index (χ3v) is 5.29. The van der Waals surface area contributed by atoms with Crippen LogP contribution in [0.4, 0.5) is 0 Å². The molecule has 0 saturated heterocycles. The summed E-state index contributed by atoms with van der Waals surface area (Å²) in [6, 6.07) is 5.07. The monoisotopic (exact) mass is 312 g/mol. The molecule has 1 aromatic carbocycles. The molecule has 0 aliphatic rings. The van der Waals surface area contributed by atoms with E-state index in [1.165, 1.54) is 12.8 Å². The first-order chi connectivity index (χ1) is 9.90. The first-order valence-corrected chi connectivity index (χ1v) is 9.21. The first-order valence-electron chi connectivity index (χ1n) is 7.72. The van der Waals surface area contributed by atoms with Crippen molar-refractivity contribution in [3.63, 3.8) is 0 Å². The zero-order chi connectivity index (χ0) is 15.9. The molecule has 3 N–H and O–H groups in total. The Hall–Kier alpha value is -0.910. The summed E-state index contributed by atoms with van der Waals surface area (Å²) < 4.78 is 27.5. The van der Waals surface area contributed by atoms with Gasteiger partial charge in [-0.3, -0.25) is 0 Å². The van der Waals surface area contributed by atoms with Gasteiger partial charge < -0.3 is 5.73 Å². The minimum atomic E-state index is -3.46. The van der Waals surface area contributed by atoms with Crippen molar-refractivity contribution in [3.8, 4) is 0 Å². The van der Waals surface area contributed by atoms with Crippen LogP contribution in [0.25, 0.3) is 0 Å².